The van der Waals surface area contributed by atoms with Crippen LogP contribution in [-0.2, 0) is 16.0 Å². The van der Waals surface area contributed by atoms with Crippen LogP contribution < -0.4 is 10.6 Å². The molecule has 2 amide bonds. The molecule has 0 aliphatic heterocycles. The lowest BCUT2D eigenvalue weighted by molar-refractivity contribution is -0.136. The lowest BCUT2D eigenvalue weighted by atomic mass is 10.1. The number of phenolic OH excluding ortho intramolecular Hbond substituents is 1. The Kier molecular flexibility index (Phi) is 5.36. The number of nitrogens with one attached hydrogen (secondary N) is 2. The highest BCUT2D eigenvalue weighted by Gasteiger charge is 2.14. The summed E-state index contributed by atoms with van der Waals surface area (Å²) in [6.07, 6.45) is 0.586. The summed E-state index contributed by atoms with van der Waals surface area (Å²) in [4.78, 5) is 23.7. The molecular weight excluding hydrogens is 292 g/mol. The molecule has 0 spiro atoms. The van der Waals surface area contributed by atoms with Gasteiger partial charge in [0.05, 0.1) is 0 Å². The molecule has 0 heterocycles. The molecule has 0 fully saturated rings. The van der Waals surface area contributed by atoms with Gasteiger partial charge in [-0.05, 0) is 55.2 Å². The number of phenols is 1. The van der Waals surface area contributed by atoms with Gasteiger partial charge in [-0.15, -0.1) is 0 Å². The maximum Gasteiger partial charge on any atom is 0.313 e. The number of carbonyl (C=O) groups is 2. The van der Waals surface area contributed by atoms with Gasteiger partial charge in [-0.25, -0.2) is 0 Å². The number of rotatable bonds is 4. The first-order chi connectivity index (χ1) is 11.0. The van der Waals surface area contributed by atoms with Crippen molar-refractivity contribution in [2.24, 2.45) is 0 Å². The molecule has 0 saturated heterocycles. The van der Waals surface area contributed by atoms with Gasteiger partial charge in [-0.3, -0.25) is 9.59 Å². The molecule has 0 unspecified atom stereocenters. The summed E-state index contributed by atoms with van der Waals surface area (Å²) in [5.41, 5.74) is 3.61. The number of anilines is 1. The van der Waals surface area contributed by atoms with Crippen LogP contribution in [0.1, 0.15) is 16.7 Å². The summed E-state index contributed by atoms with van der Waals surface area (Å²) < 4.78 is 0. The van der Waals surface area contributed by atoms with Crippen LogP contribution in [0.2, 0.25) is 0 Å². The minimum atomic E-state index is -0.676. The van der Waals surface area contributed by atoms with Crippen LogP contribution in [0, 0.1) is 13.8 Å². The second-order valence-corrected chi connectivity index (χ2v) is 5.37. The third-order valence-corrected chi connectivity index (χ3v) is 3.69. The van der Waals surface area contributed by atoms with Crippen molar-refractivity contribution in [1.82, 2.24) is 5.32 Å². The summed E-state index contributed by atoms with van der Waals surface area (Å²) >= 11 is 0. The zero-order valence-corrected chi connectivity index (χ0v) is 13.2. The van der Waals surface area contributed by atoms with Gasteiger partial charge in [0.2, 0.25) is 0 Å². The third kappa shape index (κ3) is 4.57. The van der Waals surface area contributed by atoms with Crippen LogP contribution in [0.4, 0.5) is 5.69 Å². The second-order valence-electron chi connectivity index (χ2n) is 5.37. The maximum atomic E-state index is 11.9. The van der Waals surface area contributed by atoms with Gasteiger partial charge in [0.1, 0.15) is 5.75 Å². The second kappa shape index (κ2) is 7.45. The number of benzene rings is 2. The van der Waals surface area contributed by atoms with Crippen molar-refractivity contribution in [3.63, 3.8) is 0 Å². The Morgan fingerprint density at radius 2 is 1.70 bits per heavy atom. The Labute approximate surface area is 135 Å². The first kappa shape index (κ1) is 16.5. The van der Waals surface area contributed by atoms with E-state index in [1.807, 2.05) is 26.0 Å². The van der Waals surface area contributed by atoms with E-state index in [-0.39, 0.29) is 5.75 Å². The van der Waals surface area contributed by atoms with E-state index in [2.05, 4.69) is 10.6 Å². The van der Waals surface area contributed by atoms with Gasteiger partial charge in [-0.2, -0.15) is 0 Å². The number of hydrogen-bond donors (Lipinski definition) is 3. The van der Waals surface area contributed by atoms with Crippen LogP contribution in [0.15, 0.2) is 42.5 Å². The van der Waals surface area contributed by atoms with Crippen molar-refractivity contribution >= 4 is 17.5 Å². The van der Waals surface area contributed by atoms with Crippen LogP contribution in [0.25, 0.3) is 0 Å². The molecule has 0 aromatic heterocycles. The highest BCUT2D eigenvalue weighted by Crippen LogP contribution is 2.17. The lowest BCUT2D eigenvalue weighted by Crippen LogP contribution is -2.36. The van der Waals surface area contributed by atoms with E-state index in [9.17, 15) is 14.7 Å². The largest absolute Gasteiger partial charge is 0.508 e. The molecule has 2 rings (SSSR count). The number of aryl methyl sites for hydroxylation is 1. The van der Waals surface area contributed by atoms with E-state index in [4.69, 9.17) is 0 Å². The van der Waals surface area contributed by atoms with Crippen LogP contribution >= 0.6 is 0 Å². The van der Waals surface area contributed by atoms with E-state index in [0.717, 1.165) is 16.7 Å². The van der Waals surface area contributed by atoms with Gasteiger partial charge in [0, 0.05) is 12.2 Å². The quantitative estimate of drug-likeness (QED) is 0.758. The molecule has 5 heteroatoms. The number of carbonyl (C=O) groups excluding carboxylic acids is 2. The topological polar surface area (TPSA) is 78.4 Å². The minimum Gasteiger partial charge on any atom is -0.508 e. The summed E-state index contributed by atoms with van der Waals surface area (Å²) in [5, 5.41) is 14.4. The summed E-state index contributed by atoms with van der Waals surface area (Å²) in [5.74, 6) is -1.14. The predicted molar refractivity (Wildman–Crippen MR) is 89.4 cm³/mol. The number of amides is 2. The van der Waals surface area contributed by atoms with Crippen molar-refractivity contribution in [2.75, 3.05) is 11.9 Å². The summed E-state index contributed by atoms with van der Waals surface area (Å²) in [6, 6.07) is 12.3. The molecule has 0 aliphatic carbocycles. The minimum absolute atomic E-state index is 0.200. The molecule has 0 radical (unpaired) electrons. The Bertz CT molecular complexity index is 709. The van der Waals surface area contributed by atoms with Gasteiger partial charge < -0.3 is 15.7 Å². The van der Waals surface area contributed by atoms with E-state index < -0.39 is 11.8 Å². The van der Waals surface area contributed by atoms with Crippen molar-refractivity contribution in [3.05, 3.63) is 59.2 Å². The highest BCUT2D eigenvalue weighted by molar-refractivity contribution is 6.39. The molecule has 0 saturated carbocycles. The van der Waals surface area contributed by atoms with E-state index >= 15 is 0 Å². The Morgan fingerprint density at radius 3 is 2.39 bits per heavy atom. The zero-order chi connectivity index (χ0) is 16.8. The SMILES string of the molecule is Cc1cccc(NC(=O)C(=O)NCCc2ccc(O)cc2)c1C. The van der Waals surface area contributed by atoms with Crippen LogP contribution in [0.5, 0.6) is 5.75 Å². The van der Waals surface area contributed by atoms with Crippen molar-refractivity contribution in [1.29, 1.82) is 0 Å². The molecule has 0 aliphatic rings. The molecule has 2 aromatic carbocycles. The van der Waals surface area contributed by atoms with E-state index in [1.165, 1.54) is 0 Å². The lowest BCUT2D eigenvalue weighted by Gasteiger charge is -2.10. The molecular formula is C18H20N2O3. The zero-order valence-electron chi connectivity index (χ0n) is 13.2. The summed E-state index contributed by atoms with van der Waals surface area (Å²) in [7, 11) is 0. The molecule has 5 nitrogen and oxygen atoms in total. The standard InChI is InChI=1S/C18H20N2O3/c1-12-4-3-5-16(13(12)2)20-18(23)17(22)19-11-10-14-6-8-15(21)9-7-14/h3-9,21H,10-11H2,1-2H3,(H,19,22)(H,20,23). The van der Waals surface area contributed by atoms with Gasteiger partial charge >= 0.3 is 11.8 Å². The molecule has 120 valence electrons. The fourth-order valence-electron chi connectivity index (χ4n) is 2.13. The molecule has 0 atom stereocenters. The van der Waals surface area contributed by atoms with Crippen LogP contribution in [0.3, 0.4) is 0 Å². The fraction of sp³-hybridized carbons (Fsp3) is 0.222. The van der Waals surface area contributed by atoms with Crippen molar-refractivity contribution < 1.29 is 14.7 Å². The predicted octanol–water partition coefficient (Wildman–Crippen LogP) is 2.31. The smallest absolute Gasteiger partial charge is 0.313 e. The molecule has 0 bridgehead atoms. The average molecular weight is 312 g/mol. The Hall–Kier alpha value is -2.82. The van der Waals surface area contributed by atoms with Gasteiger partial charge in [0.15, 0.2) is 0 Å². The first-order valence-corrected chi connectivity index (χ1v) is 7.40. The average Bonchev–Trinajstić information content (AvgIpc) is 2.53. The van der Waals surface area contributed by atoms with Crippen LogP contribution in [-0.4, -0.2) is 23.5 Å². The third-order valence-electron chi connectivity index (χ3n) is 3.69. The summed E-state index contributed by atoms with van der Waals surface area (Å²) in [6.45, 7) is 4.19. The van der Waals surface area contributed by atoms with Crippen molar-refractivity contribution in [3.8, 4) is 5.75 Å². The van der Waals surface area contributed by atoms with Gasteiger partial charge in [-0.1, -0.05) is 24.3 Å². The molecule has 23 heavy (non-hydrogen) atoms. The van der Waals surface area contributed by atoms with E-state index in [1.54, 1.807) is 30.3 Å². The number of hydrogen-bond acceptors (Lipinski definition) is 3. The van der Waals surface area contributed by atoms with Crippen molar-refractivity contribution in [2.45, 2.75) is 20.3 Å². The Balaban J connectivity index is 1.84. The normalized spacial score (nSPS) is 10.2. The first-order valence-electron chi connectivity index (χ1n) is 7.40. The molecule has 2 aromatic rings. The monoisotopic (exact) mass is 312 g/mol. The highest BCUT2D eigenvalue weighted by atomic mass is 16.3. The van der Waals surface area contributed by atoms with Gasteiger partial charge in [0.25, 0.3) is 0 Å². The molecule has 3 N–H and O–H groups in total. The fourth-order valence-corrected chi connectivity index (χ4v) is 2.13. The Morgan fingerprint density at radius 1 is 1.00 bits per heavy atom. The van der Waals surface area contributed by atoms with E-state index in [0.29, 0.717) is 18.7 Å². The number of aromatic hydroxyl groups is 1. The maximum absolute atomic E-state index is 11.9.